The van der Waals surface area contributed by atoms with Crippen molar-refractivity contribution in [1.29, 1.82) is 0 Å². The molecule has 2 rings (SSSR count). The first kappa shape index (κ1) is 24.2. The lowest BCUT2D eigenvalue weighted by Gasteiger charge is -2.20. The van der Waals surface area contributed by atoms with Crippen LogP contribution in [0.4, 0.5) is 0 Å². The second-order valence-corrected chi connectivity index (χ2v) is 7.70. The van der Waals surface area contributed by atoms with Crippen molar-refractivity contribution in [1.82, 2.24) is 16.0 Å². The molecule has 0 heterocycles. The molecule has 154 valence electrons. The van der Waals surface area contributed by atoms with E-state index in [-0.39, 0.29) is 41.3 Å². The third kappa shape index (κ3) is 6.96. The fourth-order valence-electron chi connectivity index (χ4n) is 2.83. The Kier molecular flexibility index (Phi) is 9.72. The smallest absolute Gasteiger partial charge is 0.225 e. The van der Waals surface area contributed by atoms with Gasteiger partial charge < -0.3 is 16.0 Å². The van der Waals surface area contributed by atoms with E-state index in [1.165, 1.54) is 16.3 Å². The van der Waals surface area contributed by atoms with E-state index >= 15 is 0 Å². The van der Waals surface area contributed by atoms with Gasteiger partial charge in [-0.1, -0.05) is 63.2 Å². The molecule has 0 aliphatic rings. The van der Waals surface area contributed by atoms with Crippen LogP contribution in [0.25, 0.3) is 10.8 Å². The van der Waals surface area contributed by atoms with E-state index in [0.29, 0.717) is 13.1 Å². The summed E-state index contributed by atoms with van der Waals surface area (Å²) in [6.07, 6.45) is 0. The molecule has 0 aromatic heterocycles. The number of rotatable bonds is 6. The number of carbonyl (C=O) groups excluding carboxylic acids is 1. The normalized spacial score (nSPS) is 12.8. The molecule has 0 radical (unpaired) electrons. The minimum absolute atomic E-state index is 0. The van der Waals surface area contributed by atoms with Gasteiger partial charge in [0.05, 0.1) is 12.6 Å². The first-order valence-electron chi connectivity index (χ1n) is 9.63. The van der Waals surface area contributed by atoms with Crippen molar-refractivity contribution in [3.05, 3.63) is 48.0 Å². The number of benzene rings is 2. The van der Waals surface area contributed by atoms with Crippen LogP contribution in [-0.2, 0) is 4.79 Å². The van der Waals surface area contributed by atoms with Crippen molar-refractivity contribution < 1.29 is 4.79 Å². The first-order chi connectivity index (χ1) is 12.8. The first-order valence-corrected chi connectivity index (χ1v) is 9.63. The van der Waals surface area contributed by atoms with Crippen LogP contribution < -0.4 is 16.0 Å². The van der Waals surface area contributed by atoms with Gasteiger partial charge in [-0.2, -0.15) is 0 Å². The molecule has 28 heavy (non-hydrogen) atoms. The topological polar surface area (TPSA) is 65.5 Å². The summed E-state index contributed by atoms with van der Waals surface area (Å²) >= 11 is 0. The molecule has 1 amide bonds. The van der Waals surface area contributed by atoms with E-state index in [0.717, 1.165) is 12.5 Å². The Morgan fingerprint density at radius 3 is 2.43 bits per heavy atom. The van der Waals surface area contributed by atoms with Crippen LogP contribution in [0.15, 0.2) is 47.5 Å². The number of guanidine groups is 1. The molecular weight excluding hydrogens is 463 g/mol. The molecule has 0 fully saturated rings. The maximum Gasteiger partial charge on any atom is 0.225 e. The zero-order valence-corrected chi connectivity index (χ0v) is 19.8. The molecule has 2 aromatic carbocycles. The zero-order valence-electron chi connectivity index (χ0n) is 17.5. The van der Waals surface area contributed by atoms with Gasteiger partial charge in [-0.15, -0.1) is 24.0 Å². The van der Waals surface area contributed by atoms with E-state index in [1.807, 2.05) is 27.7 Å². The fourth-order valence-corrected chi connectivity index (χ4v) is 2.83. The molecule has 0 spiro atoms. The van der Waals surface area contributed by atoms with Crippen LogP contribution in [0.1, 0.15) is 46.2 Å². The third-order valence-corrected chi connectivity index (χ3v) is 4.34. The van der Waals surface area contributed by atoms with Crippen LogP contribution in [-0.4, -0.2) is 31.5 Å². The molecule has 0 saturated carbocycles. The summed E-state index contributed by atoms with van der Waals surface area (Å²) in [7, 11) is 0. The molecule has 0 bridgehead atoms. The lowest BCUT2D eigenvalue weighted by molar-refractivity contribution is -0.128. The Morgan fingerprint density at radius 2 is 1.75 bits per heavy atom. The minimum atomic E-state index is -0.380. The maximum atomic E-state index is 11.9. The number of hydrogen-bond acceptors (Lipinski definition) is 2. The highest BCUT2D eigenvalue weighted by Crippen LogP contribution is 2.23. The summed E-state index contributed by atoms with van der Waals surface area (Å²) < 4.78 is 0. The number of carbonyl (C=O) groups is 1. The van der Waals surface area contributed by atoms with Crippen LogP contribution >= 0.6 is 24.0 Å². The quantitative estimate of drug-likeness (QED) is 0.243. The average Bonchev–Trinajstić information content (AvgIpc) is 2.63. The number of fused-ring (bicyclic) bond motifs is 1. The Balaban J connectivity index is 0.00000392. The van der Waals surface area contributed by atoms with E-state index in [9.17, 15) is 4.79 Å². The zero-order chi connectivity index (χ0) is 19.9. The molecule has 5 nitrogen and oxygen atoms in total. The molecular formula is C22H33IN4O. The van der Waals surface area contributed by atoms with E-state index in [1.54, 1.807) is 0 Å². The van der Waals surface area contributed by atoms with Gasteiger partial charge in [-0.3, -0.25) is 9.79 Å². The summed E-state index contributed by atoms with van der Waals surface area (Å²) in [5, 5.41) is 12.2. The Bertz CT molecular complexity index is 793. The molecule has 1 atom stereocenters. The monoisotopic (exact) mass is 496 g/mol. The molecule has 6 heteroatoms. The van der Waals surface area contributed by atoms with Gasteiger partial charge in [0.2, 0.25) is 5.91 Å². The van der Waals surface area contributed by atoms with E-state index < -0.39 is 0 Å². The highest BCUT2D eigenvalue weighted by atomic mass is 127. The molecule has 1 unspecified atom stereocenters. The highest BCUT2D eigenvalue weighted by molar-refractivity contribution is 14.0. The molecule has 3 N–H and O–H groups in total. The van der Waals surface area contributed by atoms with Crippen LogP contribution in [0.3, 0.4) is 0 Å². The molecule has 0 saturated heterocycles. The van der Waals surface area contributed by atoms with Crippen molar-refractivity contribution >= 4 is 46.6 Å². The highest BCUT2D eigenvalue weighted by Gasteiger charge is 2.20. The standard InChI is InChI=1S/C22H32N4O.HI/c1-6-23-21(25-15-14-24-20(27)22(3,4)5)26-16(2)18-13-9-11-17-10-7-8-12-19(17)18;/h7-13,16H,6,14-15H2,1-5H3,(H,24,27)(H2,23,25,26);1H. The Morgan fingerprint density at radius 1 is 1.07 bits per heavy atom. The van der Waals surface area contributed by atoms with E-state index in [4.69, 9.17) is 0 Å². The predicted octanol–water partition coefficient (Wildman–Crippen LogP) is 4.24. The van der Waals surface area contributed by atoms with Crippen molar-refractivity contribution in [2.45, 2.75) is 40.7 Å². The second kappa shape index (κ2) is 11.2. The maximum absolute atomic E-state index is 11.9. The van der Waals surface area contributed by atoms with Gasteiger partial charge in [-0.25, -0.2) is 0 Å². The Hall–Kier alpha value is -1.83. The SMILES string of the molecule is CCNC(=NCCNC(=O)C(C)(C)C)NC(C)c1cccc2ccccc12.I. The van der Waals surface area contributed by atoms with Crippen LogP contribution in [0.2, 0.25) is 0 Å². The van der Waals surface area contributed by atoms with Crippen molar-refractivity contribution in [2.24, 2.45) is 10.4 Å². The second-order valence-electron chi connectivity index (χ2n) is 7.70. The summed E-state index contributed by atoms with van der Waals surface area (Å²) in [6.45, 7) is 11.7. The number of amides is 1. The molecule has 2 aromatic rings. The minimum Gasteiger partial charge on any atom is -0.357 e. The van der Waals surface area contributed by atoms with E-state index in [2.05, 4.69) is 70.3 Å². The van der Waals surface area contributed by atoms with Crippen LogP contribution in [0.5, 0.6) is 0 Å². The fraction of sp³-hybridized carbons (Fsp3) is 0.455. The number of halogens is 1. The number of hydrogen-bond donors (Lipinski definition) is 3. The average molecular weight is 496 g/mol. The number of nitrogens with one attached hydrogen (secondary N) is 3. The van der Waals surface area contributed by atoms with Crippen molar-refractivity contribution in [2.75, 3.05) is 19.6 Å². The van der Waals surface area contributed by atoms with Crippen molar-refractivity contribution in [3.63, 3.8) is 0 Å². The van der Waals surface area contributed by atoms with Gasteiger partial charge in [0.25, 0.3) is 0 Å². The van der Waals surface area contributed by atoms with Gasteiger partial charge in [0, 0.05) is 18.5 Å². The lowest BCUT2D eigenvalue weighted by Crippen LogP contribution is -2.40. The third-order valence-electron chi connectivity index (χ3n) is 4.34. The van der Waals surface area contributed by atoms with Gasteiger partial charge in [0.15, 0.2) is 5.96 Å². The van der Waals surface area contributed by atoms with Gasteiger partial charge in [-0.05, 0) is 30.2 Å². The van der Waals surface area contributed by atoms with Gasteiger partial charge in [0.1, 0.15) is 0 Å². The summed E-state index contributed by atoms with van der Waals surface area (Å²) in [5.74, 6) is 0.794. The van der Waals surface area contributed by atoms with Gasteiger partial charge >= 0.3 is 0 Å². The summed E-state index contributed by atoms with van der Waals surface area (Å²) in [4.78, 5) is 16.5. The van der Waals surface area contributed by atoms with Crippen molar-refractivity contribution in [3.8, 4) is 0 Å². The lowest BCUT2D eigenvalue weighted by atomic mass is 9.96. The number of nitrogens with zero attached hydrogens (tertiary/aromatic N) is 1. The molecule has 0 aliphatic heterocycles. The Labute approximate surface area is 185 Å². The molecule has 0 aliphatic carbocycles. The summed E-state index contributed by atoms with van der Waals surface area (Å²) in [6, 6.07) is 14.9. The van der Waals surface area contributed by atoms with Crippen LogP contribution in [0, 0.1) is 5.41 Å². The number of aliphatic imine (C=N–C) groups is 1. The largest absolute Gasteiger partial charge is 0.357 e. The summed E-state index contributed by atoms with van der Waals surface area (Å²) in [5.41, 5.74) is 0.856. The predicted molar refractivity (Wildman–Crippen MR) is 129 cm³/mol.